The molecule has 0 amide bonds. The van der Waals surface area contributed by atoms with Crippen molar-refractivity contribution in [2.45, 2.75) is 19.8 Å². The van der Waals surface area contributed by atoms with E-state index in [0.29, 0.717) is 5.02 Å². The summed E-state index contributed by atoms with van der Waals surface area (Å²) in [4.78, 5) is 4.24. The third-order valence-corrected chi connectivity index (χ3v) is 3.56. The normalized spacial score (nSPS) is 24.7. The van der Waals surface area contributed by atoms with Crippen LogP contribution in [0.4, 0.5) is 5.82 Å². The Kier molecular flexibility index (Phi) is 3.52. The summed E-state index contributed by atoms with van der Waals surface area (Å²) in [5, 5.41) is 3.98. The molecular weight excluding hydrogens is 275 g/mol. The summed E-state index contributed by atoms with van der Waals surface area (Å²) in [6.45, 7) is 3.28. The van der Waals surface area contributed by atoms with Crippen molar-refractivity contribution in [3.05, 3.63) is 21.8 Å². The van der Waals surface area contributed by atoms with E-state index in [-0.39, 0.29) is 0 Å². The molecule has 0 spiro atoms. The molecule has 0 bridgehead atoms. The van der Waals surface area contributed by atoms with E-state index in [1.54, 1.807) is 6.20 Å². The van der Waals surface area contributed by atoms with E-state index in [1.165, 1.54) is 12.8 Å². The highest BCUT2D eigenvalue weighted by Gasteiger charge is 2.24. The number of anilines is 1. The summed E-state index contributed by atoms with van der Waals surface area (Å²) in [5.41, 5.74) is 0. The van der Waals surface area contributed by atoms with Gasteiger partial charge in [0.1, 0.15) is 5.82 Å². The van der Waals surface area contributed by atoms with Crippen LogP contribution in [0.2, 0.25) is 5.02 Å². The van der Waals surface area contributed by atoms with Gasteiger partial charge in [0.25, 0.3) is 0 Å². The minimum absolute atomic E-state index is 0.678. The lowest BCUT2D eigenvalue weighted by Crippen LogP contribution is -2.27. The number of hydrogen-bond donors (Lipinski definition) is 1. The van der Waals surface area contributed by atoms with E-state index in [0.717, 1.165) is 28.7 Å². The Morgan fingerprint density at radius 3 is 2.93 bits per heavy atom. The van der Waals surface area contributed by atoms with Crippen LogP contribution in [0.5, 0.6) is 0 Å². The van der Waals surface area contributed by atoms with Crippen LogP contribution in [0.25, 0.3) is 0 Å². The topological polar surface area (TPSA) is 24.9 Å². The second-order valence-electron chi connectivity index (χ2n) is 4.31. The number of pyridine rings is 1. The molecule has 1 aromatic rings. The van der Waals surface area contributed by atoms with Crippen molar-refractivity contribution < 1.29 is 0 Å². The number of rotatable bonds is 3. The molecule has 0 radical (unpaired) electrons. The second-order valence-corrected chi connectivity index (χ2v) is 5.63. The summed E-state index contributed by atoms with van der Waals surface area (Å²) in [6, 6.07) is 1.86. The van der Waals surface area contributed by atoms with Gasteiger partial charge < -0.3 is 5.32 Å². The zero-order valence-electron chi connectivity index (χ0n) is 8.63. The van der Waals surface area contributed by atoms with Gasteiger partial charge in [-0.15, -0.1) is 0 Å². The Morgan fingerprint density at radius 1 is 1.60 bits per heavy atom. The Morgan fingerprint density at radius 2 is 2.33 bits per heavy atom. The van der Waals surface area contributed by atoms with Gasteiger partial charge in [0, 0.05) is 17.2 Å². The predicted octanol–water partition coefficient (Wildman–Crippen LogP) is 3.96. The van der Waals surface area contributed by atoms with E-state index in [2.05, 4.69) is 33.2 Å². The fourth-order valence-corrected chi connectivity index (χ4v) is 2.72. The van der Waals surface area contributed by atoms with Crippen LogP contribution in [-0.2, 0) is 0 Å². The van der Waals surface area contributed by atoms with Crippen LogP contribution < -0.4 is 5.32 Å². The molecule has 1 N–H and O–H groups in total. The fraction of sp³-hybridized carbons (Fsp3) is 0.545. The average Bonchev–Trinajstić information content (AvgIpc) is 2.13. The molecule has 0 aliphatic heterocycles. The maximum atomic E-state index is 6.05. The smallest absolute Gasteiger partial charge is 0.144 e. The minimum Gasteiger partial charge on any atom is -0.369 e. The number of aromatic nitrogens is 1. The molecule has 2 nitrogen and oxygen atoms in total. The van der Waals surface area contributed by atoms with Crippen molar-refractivity contribution in [3.8, 4) is 0 Å². The molecule has 1 saturated carbocycles. The largest absolute Gasteiger partial charge is 0.369 e. The molecule has 4 heteroatoms. The van der Waals surface area contributed by atoms with Gasteiger partial charge in [-0.2, -0.15) is 0 Å². The van der Waals surface area contributed by atoms with Gasteiger partial charge in [-0.25, -0.2) is 4.98 Å². The van der Waals surface area contributed by atoms with E-state index < -0.39 is 0 Å². The molecule has 1 fully saturated rings. The molecule has 1 heterocycles. The van der Waals surface area contributed by atoms with Crippen molar-refractivity contribution in [2.24, 2.45) is 11.8 Å². The predicted molar refractivity (Wildman–Crippen MR) is 67.3 cm³/mol. The van der Waals surface area contributed by atoms with Gasteiger partial charge in [-0.3, -0.25) is 0 Å². The zero-order valence-corrected chi connectivity index (χ0v) is 11.0. The highest BCUT2D eigenvalue weighted by atomic mass is 79.9. The summed E-state index contributed by atoms with van der Waals surface area (Å²) in [5.74, 6) is 2.48. The molecule has 0 saturated heterocycles. The van der Waals surface area contributed by atoms with E-state index >= 15 is 0 Å². The van der Waals surface area contributed by atoms with E-state index in [9.17, 15) is 0 Å². The fourth-order valence-electron chi connectivity index (χ4n) is 2.02. The van der Waals surface area contributed by atoms with Crippen molar-refractivity contribution in [1.82, 2.24) is 4.98 Å². The van der Waals surface area contributed by atoms with Crippen molar-refractivity contribution in [1.29, 1.82) is 0 Å². The SMILES string of the molecule is CC1CC(CNc2ncc(Br)cc2Cl)C1. The highest BCUT2D eigenvalue weighted by molar-refractivity contribution is 9.10. The first-order valence-corrected chi connectivity index (χ1v) is 6.37. The Labute approximate surface area is 104 Å². The monoisotopic (exact) mass is 288 g/mol. The summed E-state index contributed by atoms with van der Waals surface area (Å²) in [7, 11) is 0. The molecule has 0 aromatic carbocycles. The summed E-state index contributed by atoms with van der Waals surface area (Å²) in [6.07, 6.45) is 4.40. The van der Waals surface area contributed by atoms with Crippen LogP contribution in [0.1, 0.15) is 19.8 Å². The molecule has 0 unspecified atom stereocenters. The third kappa shape index (κ3) is 2.85. The molecule has 0 atom stereocenters. The minimum atomic E-state index is 0.678. The van der Waals surface area contributed by atoms with Gasteiger partial charge in [-0.05, 0) is 46.7 Å². The molecule has 2 rings (SSSR count). The lowest BCUT2D eigenvalue weighted by atomic mass is 9.76. The maximum absolute atomic E-state index is 6.05. The molecule has 1 aromatic heterocycles. The standard InChI is InChI=1S/C11H14BrClN2/c1-7-2-8(3-7)5-14-11-10(13)4-9(12)6-15-11/h4,6-8H,2-3,5H2,1H3,(H,14,15). The van der Waals surface area contributed by atoms with Crippen LogP contribution in [0, 0.1) is 11.8 Å². The average molecular weight is 290 g/mol. The second kappa shape index (κ2) is 4.71. The summed E-state index contributed by atoms with van der Waals surface area (Å²) < 4.78 is 0.912. The molecule has 1 aliphatic rings. The number of nitrogens with one attached hydrogen (secondary N) is 1. The molecule has 1 aliphatic carbocycles. The van der Waals surface area contributed by atoms with Gasteiger partial charge >= 0.3 is 0 Å². The molecule has 15 heavy (non-hydrogen) atoms. The zero-order chi connectivity index (χ0) is 10.8. The van der Waals surface area contributed by atoms with Crippen LogP contribution in [0.3, 0.4) is 0 Å². The first-order valence-electron chi connectivity index (χ1n) is 5.20. The lowest BCUT2D eigenvalue weighted by molar-refractivity contribution is 0.225. The first-order chi connectivity index (χ1) is 7.15. The van der Waals surface area contributed by atoms with Gasteiger partial charge in [0.2, 0.25) is 0 Å². The van der Waals surface area contributed by atoms with Crippen LogP contribution >= 0.6 is 27.5 Å². The molecule has 82 valence electrons. The Bertz CT molecular complexity index is 350. The number of halogens is 2. The third-order valence-electron chi connectivity index (χ3n) is 2.84. The maximum Gasteiger partial charge on any atom is 0.144 e. The quantitative estimate of drug-likeness (QED) is 0.911. The Balaban J connectivity index is 1.88. The number of hydrogen-bond acceptors (Lipinski definition) is 2. The van der Waals surface area contributed by atoms with Crippen LogP contribution in [-0.4, -0.2) is 11.5 Å². The first kappa shape index (κ1) is 11.2. The summed E-state index contributed by atoms with van der Waals surface area (Å²) >= 11 is 9.38. The highest BCUT2D eigenvalue weighted by Crippen LogP contribution is 2.33. The number of nitrogens with zero attached hydrogens (tertiary/aromatic N) is 1. The van der Waals surface area contributed by atoms with Crippen LogP contribution in [0.15, 0.2) is 16.7 Å². The lowest BCUT2D eigenvalue weighted by Gasteiger charge is -2.32. The van der Waals surface area contributed by atoms with Gasteiger partial charge in [0.15, 0.2) is 0 Å². The Hall–Kier alpha value is -0.280. The van der Waals surface area contributed by atoms with Gasteiger partial charge in [-0.1, -0.05) is 18.5 Å². The molecular formula is C11H14BrClN2. The van der Waals surface area contributed by atoms with Gasteiger partial charge in [0.05, 0.1) is 5.02 Å². The van der Waals surface area contributed by atoms with E-state index in [4.69, 9.17) is 11.6 Å². The van der Waals surface area contributed by atoms with Crippen molar-refractivity contribution >= 4 is 33.3 Å². The van der Waals surface area contributed by atoms with Crippen molar-refractivity contribution in [3.63, 3.8) is 0 Å². The van der Waals surface area contributed by atoms with E-state index in [1.807, 2.05) is 6.07 Å². The van der Waals surface area contributed by atoms with Crippen molar-refractivity contribution in [2.75, 3.05) is 11.9 Å².